The van der Waals surface area contributed by atoms with E-state index in [1.165, 1.54) is 0 Å². The first-order chi connectivity index (χ1) is 26.1. The fraction of sp³-hybridized carbons (Fsp3) is 0.976. The maximum absolute atomic E-state index is 12.6. The van der Waals surface area contributed by atoms with Crippen LogP contribution in [0.25, 0.3) is 0 Å². The number of aliphatic hydroxyl groups is 9. The summed E-state index contributed by atoms with van der Waals surface area (Å²) in [5.41, 5.74) is -1.22. The van der Waals surface area contributed by atoms with Gasteiger partial charge in [0, 0.05) is 17.8 Å². The Morgan fingerprint density at radius 2 is 1.36 bits per heavy atom. The van der Waals surface area contributed by atoms with Crippen molar-refractivity contribution in [1.29, 1.82) is 0 Å². The van der Waals surface area contributed by atoms with Crippen LogP contribution in [0.4, 0.5) is 0 Å². The molecule has 5 aliphatic carbocycles. The molecular weight excluding hydrogens is 728 g/mol. The Morgan fingerprint density at radius 3 is 2.00 bits per heavy atom. The second-order valence-electron chi connectivity index (χ2n) is 20.6. The van der Waals surface area contributed by atoms with Crippen molar-refractivity contribution in [2.75, 3.05) is 13.2 Å². The number of rotatable bonds is 11. The largest absolute Gasteiger partial charge is 0.394 e. The van der Waals surface area contributed by atoms with Gasteiger partial charge in [0.15, 0.2) is 12.6 Å². The van der Waals surface area contributed by atoms with Gasteiger partial charge in [-0.1, -0.05) is 48.5 Å². The molecule has 56 heavy (non-hydrogen) atoms. The zero-order chi connectivity index (χ0) is 41.1. The minimum absolute atomic E-state index is 0.00748. The Bertz CT molecular complexity index is 1440. The van der Waals surface area contributed by atoms with Crippen LogP contribution in [0.1, 0.15) is 106 Å². The molecule has 2 aliphatic heterocycles. The zero-order valence-electron chi connectivity index (χ0n) is 34.2. The number of fused-ring (bicyclic) bond motifs is 2. The van der Waals surface area contributed by atoms with Gasteiger partial charge in [0.05, 0.1) is 31.5 Å². The molecule has 7 rings (SSSR count). The molecule has 0 amide bonds. The Morgan fingerprint density at radius 1 is 0.750 bits per heavy atom. The van der Waals surface area contributed by atoms with E-state index in [1.807, 2.05) is 13.8 Å². The molecule has 9 N–H and O–H groups in total. The molecule has 0 aromatic rings. The van der Waals surface area contributed by atoms with E-state index in [0.29, 0.717) is 38.0 Å². The SMILES string of the molecule is CC(C)C(=O)CC[C@@H](C)[C@H]1[C@@H](O)C[C@@]2(C)[C@@H]3CC[C@H]4C(C)(C)[C@@H](O[C@@H]5O[C@H](CO[C@@H]6O[C@H](CO)[C@@H](O)[C@H](O)[C@H]6O)[C@@H](O)[C@H](O)[C@H]5O)CC[C@@]45C[C@@]35CC(O)[C@]12C. The predicted octanol–water partition coefficient (Wildman–Crippen LogP) is 1.02. The van der Waals surface area contributed by atoms with E-state index in [1.54, 1.807) is 0 Å². The molecule has 0 bridgehead atoms. The Balaban J connectivity index is 1.04. The second-order valence-corrected chi connectivity index (χ2v) is 20.6. The van der Waals surface area contributed by atoms with Gasteiger partial charge in [-0.2, -0.15) is 0 Å². The number of carbonyl (C=O) groups excluding carboxylic acids is 1. The number of aliphatic hydroxyl groups excluding tert-OH is 9. The van der Waals surface area contributed by atoms with E-state index in [2.05, 4.69) is 34.6 Å². The van der Waals surface area contributed by atoms with Crippen molar-refractivity contribution in [1.82, 2.24) is 0 Å². The summed E-state index contributed by atoms with van der Waals surface area (Å²) in [5.74, 6) is 0.786. The summed E-state index contributed by atoms with van der Waals surface area (Å²) in [6.07, 6.45) is -9.41. The van der Waals surface area contributed by atoms with Crippen LogP contribution in [0, 0.1) is 56.7 Å². The maximum Gasteiger partial charge on any atom is 0.186 e. The standard InChI is InChI=1S/C42H70O14/c1-19(2)21(44)9-8-20(3)29-22(45)14-39(6)26-11-10-25-38(4,5)28(12-13-41(25)18-42(26,41)15-27(46)40(29,39)7)56-37-35(52)33(50)31(48)24(55-37)17-53-36-34(51)32(49)30(47)23(16-43)54-36/h19-20,22-37,43,45-52H,8-18H2,1-7H3/t20-,22+,23-,24-,25+,26+,27?,28+,29+,30-,31-,32+,33+,34-,35-,36-,37+,39+,40-,41-,42+/m1/s1. The maximum atomic E-state index is 12.6. The molecule has 14 nitrogen and oxygen atoms in total. The Kier molecular flexibility index (Phi) is 11.5. The smallest absolute Gasteiger partial charge is 0.186 e. The molecule has 0 aromatic carbocycles. The van der Waals surface area contributed by atoms with E-state index in [4.69, 9.17) is 18.9 Å². The van der Waals surface area contributed by atoms with Gasteiger partial charge < -0.3 is 64.9 Å². The molecule has 0 radical (unpaired) electrons. The molecule has 0 aromatic heterocycles. The van der Waals surface area contributed by atoms with Crippen molar-refractivity contribution < 1.29 is 69.7 Å². The lowest BCUT2D eigenvalue weighted by Gasteiger charge is -2.64. The summed E-state index contributed by atoms with van der Waals surface area (Å²) in [6, 6.07) is 0. The summed E-state index contributed by atoms with van der Waals surface area (Å²) in [5, 5.41) is 97.2. The Labute approximate surface area is 330 Å². The first kappa shape index (κ1) is 43.2. The lowest BCUT2D eigenvalue weighted by atomic mass is 9.41. The van der Waals surface area contributed by atoms with Crippen LogP contribution in [0.2, 0.25) is 0 Å². The zero-order valence-corrected chi connectivity index (χ0v) is 34.2. The van der Waals surface area contributed by atoms with Crippen LogP contribution in [0.15, 0.2) is 0 Å². The second kappa shape index (κ2) is 15.0. The molecule has 7 aliphatic rings. The van der Waals surface area contributed by atoms with Gasteiger partial charge in [-0.3, -0.25) is 4.79 Å². The average Bonchev–Trinajstić information content (AvgIpc) is 3.74. The highest BCUT2D eigenvalue weighted by Crippen LogP contribution is 2.89. The summed E-state index contributed by atoms with van der Waals surface area (Å²) in [6.45, 7) is 13.9. The van der Waals surface area contributed by atoms with Crippen molar-refractivity contribution in [3.05, 3.63) is 0 Å². The number of ketones is 1. The molecule has 14 heteroatoms. The first-order valence-corrected chi connectivity index (χ1v) is 21.3. The summed E-state index contributed by atoms with van der Waals surface area (Å²) in [4.78, 5) is 12.6. The van der Waals surface area contributed by atoms with Crippen molar-refractivity contribution >= 4 is 5.78 Å². The number of hydrogen-bond donors (Lipinski definition) is 9. The number of ether oxygens (including phenoxy) is 4. The van der Waals surface area contributed by atoms with E-state index in [-0.39, 0.29) is 57.2 Å². The van der Waals surface area contributed by atoms with Gasteiger partial charge in [0.1, 0.15) is 54.6 Å². The monoisotopic (exact) mass is 798 g/mol. The molecule has 7 fully saturated rings. The van der Waals surface area contributed by atoms with Gasteiger partial charge in [-0.25, -0.2) is 0 Å². The highest BCUT2D eigenvalue weighted by Gasteiger charge is 2.84. The van der Waals surface area contributed by atoms with Crippen molar-refractivity contribution in [3.8, 4) is 0 Å². The van der Waals surface area contributed by atoms with Crippen LogP contribution < -0.4 is 0 Å². The third-order valence-electron chi connectivity index (χ3n) is 17.5. The molecule has 21 atom stereocenters. The summed E-state index contributed by atoms with van der Waals surface area (Å²) >= 11 is 0. The normalized spacial score (nSPS) is 54.1. The number of hydrogen-bond acceptors (Lipinski definition) is 14. The minimum atomic E-state index is -1.66. The number of carbonyl (C=O) groups is 1. The topological polar surface area (TPSA) is 236 Å². The van der Waals surface area contributed by atoms with Crippen molar-refractivity contribution in [2.24, 2.45) is 56.7 Å². The summed E-state index contributed by atoms with van der Waals surface area (Å²) < 4.78 is 23.7. The molecule has 5 saturated carbocycles. The van der Waals surface area contributed by atoms with Crippen molar-refractivity contribution in [3.63, 3.8) is 0 Å². The number of Topliss-reactive ketones (excluding diaryl/α,β-unsaturated/α-hetero) is 1. The molecule has 2 spiro atoms. The van der Waals surface area contributed by atoms with E-state index >= 15 is 0 Å². The minimum Gasteiger partial charge on any atom is -0.394 e. The van der Waals surface area contributed by atoms with Crippen LogP contribution in [0.5, 0.6) is 0 Å². The lowest BCUT2D eigenvalue weighted by Crippen LogP contribution is -2.64. The van der Waals surface area contributed by atoms with Gasteiger partial charge in [0.2, 0.25) is 0 Å². The quantitative estimate of drug-likeness (QED) is 0.133. The molecule has 2 heterocycles. The average molecular weight is 799 g/mol. The lowest BCUT2D eigenvalue weighted by molar-refractivity contribution is -0.343. The third-order valence-corrected chi connectivity index (χ3v) is 17.5. The molecule has 322 valence electrons. The Hall–Kier alpha value is -0.850. The third kappa shape index (κ3) is 6.24. The van der Waals surface area contributed by atoms with Crippen LogP contribution >= 0.6 is 0 Å². The van der Waals surface area contributed by atoms with Gasteiger partial charge >= 0.3 is 0 Å². The van der Waals surface area contributed by atoms with Gasteiger partial charge in [-0.15, -0.1) is 0 Å². The highest BCUT2D eigenvalue weighted by molar-refractivity contribution is 5.80. The van der Waals surface area contributed by atoms with Crippen LogP contribution in [-0.2, 0) is 23.7 Å². The predicted molar refractivity (Wildman–Crippen MR) is 199 cm³/mol. The van der Waals surface area contributed by atoms with Crippen LogP contribution in [0.3, 0.4) is 0 Å². The molecule has 2 saturated heterocycles. The van der Waals surface area contributed by atoms with E-state index < -0.39 is 92.2 Å². The van der Waals surface area contributed by atoms with E-state index in [0.717, 1.165) is 25.7 Å². The van der Waals surface area contributed by atoms with Gasteiger partial charge in [0.25, 0.3) is 0 Å². The molecule has 1 unspecified atom stereocenters. The summed E-state index contributed by atoms with van der Waals surface area (Å²) in [7, 11) is 0. The fourth-order valence-electron chi connectivity index (χ4n) is 14.3. The molecular formula is C42H70O14. The van der Waals surface area contributed by atoms with E-state index in [9.17, 15) is 50.8 Å². The first-order valence-electron chi connectivity index (χ1n) is 21.3. The van der Waals surface area contributed by atoms with Gasteiger partial charge in [-0.05, 0) is 96.7 Å². The van der Waals surface area contributed by atoms with Crippen LogP contribution in [-0.4, -0.2) is 145 Å². The highest BCUT2D eigenvalue weighted by atomic mass is 16.7. The van der Waals surface area contributed by atoms with Crippen molar-refractivity contribution in [2.45, 2.75) is 186 Å². The fourth-order valence-corrected chi connectivity index (χ4v) is 14.3.